The average molecular weight is 379 g/mol. The summed E-state index contributed by atoms with van der Waals surface area (Å²) in [5.41, 5.74) is 5.26. The Morgan fingerprint density at radius 3 is 1.93 bits per heavy atom. The number of sulfonamides is 1. The third-order valence-electron chi connectivity index (χ3n) is 4.45. The molecular formula is C23H24NO2S. The minimum Gasteiger partial charge on any atom is -0.212 e. The first-order chi connectivity index (χ1) is 12.9. The summed E-state index contributed by atoms with van der Waals surface area (Å²) in [7, 11) is -3.32. The van der Waals surface area contributed by atoms with E-state index in [1.807, 2.05) is 54.6 Å². The Morgan fingerprint density at radius 1 is 0.741 bits per heavy atom. The number of nitrogens with zero attached hydrogens (tertiary/aromatic N) is 1. The van der Waals surface area contributed by atoms with E-state index < -0.39 is 10.0 Å². The van der Waals surface area contributed by atoms with Crippen LogP contribution < -0.4 is 0 Å². The van der Waals surface area contributed by atoms with Crippen molar-refractivity contribution in [2.45, 2.75) is 19.5 Å². The second-order valence-electron chi connectivity index (χ2n) is 6.83. The molecule has 3 nitrogen and oxygen atoms in total. The summed E-state index contributed by atoms with van der Waals surface area (Å²) in [4.78, 5) is 0. The van der Waals surface area contributed by atoms with Crippen LogP contribution in [-0.2, 0) is 29.5 Å². The molecule has 0 aromatic heterocycles. The molecule has 0 aliphatic rings. The van der Waals surface area contributed by atoms with Gasteiger partial charge < -0.3 is 0 Å². The highest BCUT2D eigenvalue weighted by Crippen LogP contribution is 2.16. The third kappa shape index (κ3) is 5.78. The fraction of sp³-hybridized carbons (Fsp3) is 0.174. The van der Waals surface area contributed by atoms with Crippen molar-refractivity contribution in [3.63, 3.8) is 0 Å². The Balaban J connectivity index is 1.72. The van der Waals surface area contributed by atoms with Crippen molar-refractivity contribution in [3.8, 4) is 0 Å². The van der Waals surface area contributed by atoms with Crippen molar-refractivity contribution in [3.05, 3.63) is 114 Å². The van der Waals surface area contributed by atoms with Crippen LogP contribution in [0.5, 0.6) is 0 Å². The van der Waals surface area contributed by atoms with Gasteiger partial charge in [-0.2, -0.15) is 4.31 Å². The molecule has 4 heteroatoms. The van der Waals surface area contributed by atoms with Crippen molar-refractivity contribution in [1.29, 1.82) is 0 Å². The van der Waals surface area contributed by atoms with Crippen molar-refractivity contribution >= 4 is 10.0 Å². The van der Waals surface area contributed by atoms with Gasteiger partial charge in [0.25, 0.3) is 0 Å². The lowest BCUT2D eigenvalue weighted by molar-refractivity contribution is 0.405. The van der Waals surface area contributed by atoms with Gasteiger partial charge in [-0.15, -0.1) is 0 Å². The molecule has 3 aromatic rings. The predicted molar refractivity (Wildman–Crippen MR) is 111 cm³/mol. The summed E-state index contributed by atoms with van der Waals surface area (Å²) in [6.07, 6.45) is 2.12. The molecular weight excluding hydrogens is 354 g/mol. The molecule has 0 fully saturated rings. The first kappa shape index (κ1) is 19.3. The Kier molecular flexibility index (Phi) is 6.09. The van der Waals surface area contributed by atoms with Gasteiger partial charge >= 0.3 is 0 Å². The van der Waals surface area contributed by atoms with Crippen molar-refractivity contribution in [2.75, 3.05) is 6.26 Å². The van der Waals surface area contributed by atoms with Gasteiger partial charge in [0, 0.05) is 13.1 Å². The van der Waals surface area contributed by atoms with Gasteiger partial charge in [0.05, 0.1) is 6.26 Å². The van der Waals surface area contributed by atoms with Gasteiger partial charge in [-0.3, -0.25) is 0 Å². The SMILES string of the molecule is [CH2]c1cccc(CN(Cc2ccc(Cc3ccccc3)cc2)S(C)(=O)=O)c1. The van der Waals surface area contributed by atoms with E-state index in [0.717, 1.165) is 23.1 Å². The second kappa shape index (κ2) is 8.51. The molecule has 27 heavy (non-hydrogen) atoms. The number of hydrogen-bond donors (Lipinski definition) is 0. The summed E-state index contributed by atoms with van der Waals surface area (Å²) in [6, 6.07) is 26.1. The van der Waals surface area contributed by atoms with E-state index in [1.165, 1.54) is 21.7 Å². The zero-order chi connectivity index (χ0) is 19.3. The molecule has 0 amide bonds. The fourth-order valence-electron chi connectivity index (χ4n) is 3.02. The molecule has 3 rings (SSSR count). The van der Waals surface area contributed by atoms with Crippen LogP contribution in [0.2, 0.25) is 0 Å². The second-order valence-corrected chi connectivity index (χ2v) is 8.81. The van der Waals surface area contributed by atoms with Crippen molar-refractivity contribution in [1.82, 2.24) is 4.31 Å². The van der Waals surface area contributed by atoms with Crippen LogP contribution in [0.25, 0.3) is 0 Å². The molecule has 0 bridgehead atoms. The maximum absolute atomic E-state index is 12.2. The highest BCUT2D eigenvalue weighted by atomic mass is 32.2. The molecule has 0 N–H and O–H groups in total. The van der Waals surface area contributed by atoms with E-state index in [0.29, 0.717) is 13.1 Å². The van der Waals surface area contributed by atoms with Gasteiger partial charge in [-0.25, -0.2) is 8.42 Å². The lowest BCUT2D eigenvalue weighted by atomic mass is 10.0. The van der Waals surface area contributed by atoms with Gasteiger partial charge in [-0.1, -0.05) is 78.9 Å². The van der Waals surface area contributed by atoms with Crippen LogP contribution in [0.3, 0.4) is 0 Å². The average Bonchev–Trinajstić information content (AvgIpc) is 2.63. The monoisotopic (exact) mass is 378 g/mol. The van der Waals surface area contributed by atoms with Gasteiger partial charge in [-0.05, 0) is 41.2 Å². The van der Waals surface area contributed by atoms with Crippen molar-refractivity contribution < 1.29 is 8.42 Å². The Morgan fingerprint density at radius 2 is 1.30 bits per heavy atom. The number of rotatable bonds is 7. The van der Waals surface area contributed by atoms with Crippen molar-refractivity contribution in [2.24, 2.45) is 0 Å². The Bertz CT molecular complexity index is 980. The van der Waals surface area contributed by atoms with Crippen LogP contribution >= 0.6 is 0 Å². The molecule has 0 spiro atoms. The van der Waals surface area contributed by atoms with E-state index >= 15 is 0 Å². The fourth-order valence-corrected chi connectivity index (χ4v) is 3.79. The first-order valence-electron chi connectivity index (χ1n) is 8.88. The van der Waals surface area contributed by atoms with E-state index in [2.05, 4.69) is 31.2 Å². The molecule has 0 unspecified atom stereocenters. The minimum absolute atomic E-state index is 0.341. The smallest absolute Gasteiger partial charge is 0.211 e. The zero-order valence-electron chi connectivity index (χ0n) is 15.5. The predicted octanol–water partition coefficient (Wildman–Crippen LogP) is 4.42. The Labute approximate surface area is 162 Å². The summed E-state index contributed by atoms with van der Waals surface area (Å²) in [5.74, 6) is 0. The molecule has 0 heterocycles. The molecule has 0 aliphatic heterocycles. The molecule has 3 aromatic carbocycles. The largest absolute Gasteiger partial charge is 0.212 e. The molecule has 139 valence electrons. The quantitative estimate of drug-likeness (QED) is 0.610. The summed E-state index contributed by atoms with van der Waals surface area (Å²) >= 11 is 0. The van der Waals surface area contributed by atoms with E-state index in [-0.39, 0.29) is 0 Å². The molecule has 0 saturated heterocycles. The van der Waals surface area contributed by atoms with Crippen LogP contribution in [-0.4, -0.2) is 19.0 Å². The third-order valence-corrected chi connectivity index (χ3v) is 5.65. The van der Waals surface area contributed by atoms with Gasteiger partial charge in [0.2, 0.25) is 10.0 Å². The number of hydrogen-bond acceptors (Lipinski definition) is 2. The summed E-state index contributed by atoms with van der Waals surface area (Å²) in [6.45, 7) is 4.60. The van der Waals surface area contributed by atoms with Crippen LogP contribution in [0.15, 0.2) is 78.9 Å². The molecule has 0 atom stereocenters. The maximum Gasteiger partial charge on any atom is 0.211 e. The normalized spacial score (nSPS) is 11.7. The standard InChI is InChI=1S/C23H24NO2S/c1-19-7-6-10-23(15-19)18-24(27(2,25)26)17-22-13-11-21(12-14-22)16-20-8-4-3-5-9-20/h3-15H,1,16-18H2,2H3. The Hall–Kier alpha value is -2.43. The summed E-state index contributed by atoms with van der Waals surface area (Å²) < 4.78 is 26.0. The maximum atomic E-state index is 12.2. The van der Waals surface area contributed by atoms with Crippen LogP contribution in [0.4, 0.5) is 0 Å². The van der Waals surface area contributed by atoms with Crippen LogP contribution in [0, 0.1) is 6.92 Å². The molecule has 1 radical (unpaired) electrons. The lowest BCUT2D eigenvalue weighted by Crippen LogP contribution is -2.29. The molecule has 0 aliphatic carbocycles. The topological polar surface area (TPSA) is 37.4 Å². The van der Waals surface area contributed by atoms with E-state index in [9.17, 15) is 8.42 Å². The minimum atomic E-state index is -3.32. The van der Waals surface area contributed by atoms with E-state index in [1.54, 1.807) is 0 Å². The zero-order valence-corrected chi connectivity index (χ0v) is 16.3. The first-order valence-corrected chi connectivity index (χ1v) is 10.7. The van der Waals surface area contributed by atoms with Gasteiger partial charge in [0.15, 0.2) is 0 Å². The molecule has 0 saturated carbocycles. The lowest BCUT2D eigenvalue weighted by Gasteiger charge is -2.20. The number of benzene rings is 3. The highest BCUT2D eigenvalue weighted by molar-refractivity contribution is 7.88. The van der Waals surface area contributed by atoms with Crippen LogP contribution in [0.1, 0.15) is 27.8 Å². The summed E-state index contributed by atoms with van der Waals surface area (Å²) in [5, 5.41) is 0. The highest BCUT2D eigenvalue weighted by Gasteiger charge is 2.17. The van der Waals surface area contributed by atoms with Gasteiger partial charge in [0.1, 0.15) is 0 Å². The van der Waals surface area contributed by atoms with E-state index in [4.69, 9.17) is 0 Å².